The third-order valence-electron chi connectivity index (χ3n) is 1.23. The molecule has 74 valence electrons. The highest BCUT2D eigenvalue weighted by atomic mass is 16.5. The molecule has 0 radical (unpaired) electrons. The molecule has 0 heterocycles. The van der Waals surface area contributed by atoms with Gasteiger partial charge >= 0.3 is 5.97 Å². The summed E-state index contributed by atoms with van der Waals surface area (Å²) >= 11 is 0. The zero-order chi connectivity index (χ0) is 10.1. The Hall–Kier alpha value is -0.610. The summed E-state index contributed by atoms with van der Waals surface area (Å²) in [6, 6.07) is -0.454. The van der Waals surface area contributed by atoms with E-state index in [9.17, 15) is 4.79 Å². The van der Waals surface area contributed by atoms with Crippen molar-refractivity contribution in [2.45, 2.75) is 26.3 Å². The molecule has 0 aromatic carbocycles. The van der Waals surface area contributed by atoms with Gasteiger partial charge in [-0.2, -0.15) is 0 Å². The van der Waals surface area contributed by atoms with Gasteiger partial charge in [-0.15, -0.1) is 0 Å². The van der Waals surface area contributed by atoms with Crippen LogP contribution in [0.25, 0.3) is 0 Å². The molecule has 0 spiro atoms. The minimum absolute atomic E-state index is 0.325. The van der Waals surface area contributed by atoms with Gasteiger partial charge < -0.3 is 15.6 Å². The van der Waals surface area contributed by atoms with E-state index in [1.54, 1.807) is 0 Å². The summed E-state index contributed by atoms with van der Waals surface area (Å²) in [6.07, 6.45) is 0.687. The fourth-order valence-electron chi connectivity index (χ4n) is 0.755. The molecular weight excluding hydrogens is 158 g/mol. The highest BCUT2D eigenvalue weighted by Gasteiger charge is 2.14. The first-order valence-corrected chi connectivity index (χ1v) is 3.86. The molecule has 0 aromatic heterocycles. The molecule has 0 aromatic rings. The van der Waals surface area contributed by atoms with Gasteiger partial charge in [0.25, 0.3) is 0 Å². The van der Waals surface area contributed by atoms with Gasteiger partial charge in [-0.05, 0) is 12.3 Å². The van der Waals surface area contributed by atoms with E-state index in [-0.39, 0.29) is 5.97 Å². The molecule has 1 atom stereocenters. The molecular formula is C8H19NO3. The first-order chi connectivity index (χ1) is 5.57. The lowest BCUT2D eigenvalue weighted by molar-refractivity contribution is -0.142. The molecule has 1 unspecified atom stereocenters. The number of aliphatic hydroxyl groups excluding tert-OH is 1. The van der Waals surface area contributed by atoms with Gasteiger partial charge in [0.2, 0.25) is 0 Å². The number of aliphatic hydroxyl groups is 1. The predicted molar refractivity (Wildman–Crippen MR) is 47.6 cm³/mol. The normalized spacial score (nSPS) is 11.6. The summed E-state index contributed by atoms with van der Waals surface area (Å²) in [5.41, 5.74) is 5.45. The number of rotatable bonds is 3. The monoisotopic (exact) mass is 177 g/mol. The fourth-order valence-corrected chi connectivity index (χ4v) is 0.755. The average molecular weight is 177 g/mol. The van der Waals surface area contributed by atoms with Gasteiger partial charge in [-0.3, -0.25) is 4.79 Å². The van der Waals surface area contributed by atoms with Crippen molar-refractivity contribution in [3.05, 3.63) is 0 Å². The van der Waals surface area contributed by atoms with E-state index in [2.05, 4.69) is 4.74 Å². The van der Waals surface area contributed by atoms with E-state index in [0.29, 0.717) is 12.3 Å². The zero-order valence-corrected chi connectivity index (χ0v) is 8.20. The molecule has 0 fully saturated rings. The zero-order valence-electron chi connectivity index (χ0n) is 8.20. The van der Waals surface area contributed by atoms with E-state index >= 15 is 0 Å². The molecule has 0 bridgehead atoms. The van der Waals surface area contributed by atoms with Gasteiger partial charge in [0.05, 0.1) is 7.11 Å². The summed E-state index contributed by atoms with van der Waals surface area (Å²) in [7, 11) is 2.35. The first kappa shape index (κ1) is 13.9. The van der Waals surface area contributed by atoms with Crippen LogP contribution in [0.5, 0.6) is 0 Å². The number of hydrogen-bond acceptors (Lipinski definition) is 4. The quantitative estimate of drug-likeness (QED) is 0.601. The smallest absolute Gasteiger partial charge is 0.322 e. The summed E-state index contributed by atoms with van der Waals surface area (Å²) in [6.45, 7) is 4.03. The number of esters is 1. The summed E-state index contributed by atoms with van der Waals surface area (Å²) in [5.74, 6) is 0.114. The maximum absolute atomic E-state index is 10.7. The SMILES string of the molecule is CO.COC(=O)C(N)CC(C)C. The van der Waals surface area contributed by atoms with Crippen molar-refractivity contribution in [2.75, 3.05) is 14.2 Å². The Morgan fingerprint density at radius 2 is 1.92 bits per heavy atom. The van der Waals surface area contributed by atoms with Crippen molar-refractivity contribution in [3.8, 4) is 0 Å². The highest BCUT2D eigenvalue weighted by molar-refractivity contribution is 5.75. The van der Waals surface area contributed by atoms with E-state index in [4.69, 9.17) is 10.8 Å². The molecule has 0 amide bonds. The Bertz CT molecular complexity index is 115. The van der Waals surface area contributed by atoms with Crippen LogP contribution in [0.4, 0.5) is 0 Å². The van der Waals surface area contributed by atoms with Crippen molar-refractivity contribution < 1.29 is 14.6 Å². The van der Waals surface area contributed by atoms with Crippen LogP contribution in [-0.2, 0) is 9.53 Å². The number of ether oxygens (including phenoxy) is 1. The number of methoxy groups -OCH3 is 1. The van der Waals surface area contributed by atoms with Crippen molar-refractivity contribution in [2.24, 2.45) is 11.7 Å². The molecule has 0 aliphatic heterocycles. The fraction of sp³-hybridized carbons (Fsp3) is 0.875. The molecule has 0 saturated heterocycles. The Labute approximate surface area is 73.7 Å². The van der Waals surface area contributed by atoms with Crippen LogP contribution in [0.1, 0.15) is 20.3 Å². The predicted octanol–water partition coefficient (Wildman–Crippen LogP) is 0.141. The molecule has 0 aliphatic carbocycles. The summed E-state index contributed by atoms with van der Waals surface area (Å²) in [4.78, 5) is 10.7. The van der Waals surface area contributed by atoms with Gasteiger partial charge in [-0.1, -0.05) is 13.8 Å². The number of hydrogen-bond donors (Lipinski definition) is 2. The summed E-state index contributed by atoms with van der Waals surface area (Å²) in [5, 5.41) is 7.00. The number of carbonyl (C=O) groups is 1. The molecule has 4 heteroatoms. The third kappa shape index (κ3) is 7.50. The van der Waals surface area contributed by atoms with Crippen LogP contribution in [-0.4, -0.2) is 31.3 Å². The number of carbonyl (C=O) groups excluding carboxylic acids is 1. The van der Waals surface area contributed by atoms with Gasteiger partial charge in [0.15, 0.2) is 0 Å². The second-order valence-electron chi connectivity index (χ2n) is 2.76. The first-order valence-electron chi connectivity index (χ1n) is 3.86. The molecule has 0 rings (SSSR count). The Kier molecular flexibility index (Phi) is 9.86. The van der Waals surface area contributed by atoms with Gasteiger partial charge in [0, 0.05) is 7.11 Å². The van der Waals surface area contributed by atoms with Crippen LogP contribution in [0.3, 0.4) is 0 Å². The Balaban J connectivity index is 0. The summed E-state index contributed by atoms with van der Waals surface area (Å²) < 4.78 is 4.45. The van der Waals surface area contributed by atoms with E-state index in [1.165, 1.54) is 7.11 Å². The third-order valence-corrected chi connectivity index (χ3v) is 1.23. The van der Waals surface area contributed by atoms with Crippen molar-refractivity contribution in [1.82, 2.24) is 0 Å². The largest absolute Gasteiger partial charge is 0.468 e. The van der Waals surface area contributed by atoms with Crippen molar-refractivity contribution >= 4 is 5.97 Å². The molecule has 12 heavy (non-hydrogen) atoms. The molecule has 3 N–H and O–H groups in total. The van der Waals surface area contributed by atoms with Crippen molar-refractivity contribution in [3.63, 3.8) is 0 Å². The van der Waals surface area contributed by atoms with Crippen LogP contribution < -0.4 is 5.73 Å². The van der Waals surface area contributed by atoms with E-state index in [0.717, 1.165) is 7.11 Å². The minimum atomic E-state index is -0.454. The van der Waals surface area contributed by atoms with Crippen LogP contribution in [0.2, 0.25) is 0 Å². The van der Waals surface area contributed by atoms with Gasteiger partial charge in [-0.25, -0.2) is 0 Å². The highest BCUT2D eigenvalue weighted by Crippen LogP contribution is 2.02. The minimum Gasteiger partial charge on any atom is -0.468 e. The average Bonchev–Trinajstić information content (AvgIpc) is 2.05. The maximum atomic E-state index is 10.7. The second kappa shape index (κ2) is 8.49. The van der Waals surface area contributed by atoms with Crippen LogP contribution in [0.15, 0.2) is 0 Å². The molecule has 0 aliphatic rings. The van der Waals surface area contributed by atoms with Crippen molar-refractivity contribution in [1.29, 1.82) is 0 Å². The van der Waals surface area contributed by atoms with Crippen LogP contribution in [0, 0.1) is 5.92 Å². The van der Waals surface area contributed by atoms with E-state index < -0.39 is 6.04 Å². The lowest BCUT2D eigenvalue weighted by Crippen LogP contribution is -2.32. The van der Waals surface area contributed by atoms with Crippen LogP contribution >= 0.6 is 0 Å². The molecule has 4 nitrogen and oxygen atoms in total. The Morgan fingerprint density at radius 3 is 2.17 bits per heavy atom. The standard InChI is InChI=1S/C7H15NO2.CH4O/c1-5(2)4-6(8)7(9)10-3;1-2/h5-6H,4,8H2,1-3H3;2H,1H3. The topological polar surface area (TPSA) is 72.5 Å². The molecule has 0 saturated carbocycles. The number of nitrogens with two attached hydrogens (primary N) is 1. The lowest BCUT2D eigenvalue weighted by atomic mass is 10.1. The second-order valence-corrected chi connectivity index (χ2v) is 2.76. The van der Waals surface area contributed by atoms with E-state index in [1.807, 2.05) is 13.8 Å². The Morgan fingerprint density at radius 1 is 1.50 bits per heavy atom. The lowest BCUT2D eigenvalue weighted by Gasteiger charge is -2.10. The maximum Gasteiger partial charge on any atom is 0.322 e. The van der Waals surface area contributed by atoms with Gasteiger partial charge in [0.1, 0.15) is 6.04 Å².